The smallest absolute Gasteiger partial charge is 0.290 e. The highest BCUT2D eigenvalue weighted by Crippen LogP contribution is 2.26. The van der Waals surface area contributed by atoms with Gasteiger partial charge in [0.15, 0.2) is 0 Å². The molecule has 2 amide bonds. The highest BCUT2D eigenvalue weighted by atomic mass is 32.2. The lowest BCUT2D eigenvalue weighted by Crippen LogP contribution is -2.43. The van der Waals surface area contributed by atoms with Crippen molar-refractivity contribution in [2.24, 2.45) is 0 Å². The van der Waals surface area contributed by atoms with Gasteiger partial charge in [-0.15, -0.1) is 0 Å². The number of carbonyl (C=O) groups is 2. The average molecular weight is 461 g/mol. The summed E-state index contributed by atoms with van der Waals surface area (Å²) in [5, 5.41) is 6.81. The Kier molecular flexibility index (Phi) is 6.06. The molecule has 5 rings (SSSR count). The number of anilines is 1. The van der Waals surface area contributed by atoms with Crippen LogP contribution in [0.25, 0.3) is 17.0 Å². The van der Waals surface area contributed by atoms with Crippen LogP contribution < -0.4 is 15.5 Å². The first kappa shape index (κ1) is 21.5. The summed E-state index contributed by atoms with van der Waals surface area (Å²) in [6, 6.07) is 12.6. The number of aryl methyl sites for hydroxylation is 1. The minimum Gasteiger partial charge on any atom is -0.341 e. The van der Waals surface area contributed by atoms with Gasteiger partial charge in [0.05, 0.1) is 16.1 Å². The number of hydrogen-bond donors (Lipinski definition) is 2. The van der Waals surface area contributed by atoms with Gasteiger partial charge in [-0.3, -0.25) is 19.9 Å². The van der Waals surface area contributed by atoms with E-state index in [1.54, 1.807) is 18.3 Å². The quantitative estimate of drug-likeness (QED) is 0.559. The molecule has 0 atom stereocenters. The van der Waals surface area contributed by atoms with Crippen molar-refractivity contribution < 1.29 is 9.59 Å². The van der Waals surface area contributed by atoms with Crippen LogP contribution in [-0.4, -0.2) is 45.2 Å². The largest absolute Gasteiger partial charge is 0.341 e. The standard InChI is InChI=1S/C24H24N6O2S/c1-15-12-16(19-4-2-3-5-20(19)27-15)14-26-17-7-10-30(11-8-17)23-25-9-6-18(28-23)13-21-22(31)29-24(32)33-21/h2-6,9,12-13,17,26H,7-8,10-11,14H2,1H3,(H,29,31,32)/b21-13+. The molecule has 0 saturated carbocycles. The fourth-order valence-corrected chi connectivity index (χ4v) is 4.90. The Labute approximate surface area is 195 Å². The summed E-state index contributed by atoms with van der Waals surface area (Å²) in [4.78, 5) is 39.3. The second-order valence-electron chi connectivity index (χ2n) is 8.22. The Morgan fingerprint density at radius 1 is 1.18 bits per heavy atom. The molecule has 0 unspecified atom stereocenters. The van der Waals surface area contributed by atoms with Crippen molar-refractivity contribution in [3.63, 3.8) is 0 Å². The number of aromatic nitrogens is 3. The number of nitrogens with zero attached hydrogens (tertiary/aromatic N) is 4. The third kappa shape index (κ3) is 4.89. The molecule has 2 aromatic heterocycles. The lowest BCUT2D eigenvalue weighted by Gasteiger charge is -2.32. The minimum absolute atomic E-state index is 0.353. The fourth-order valence-electron chi connectivity index (χ4n) is 4.23. The van der Waals surface area contributed by atoms with Gasteiger partial charge in [-0.25, -0.2) is 9.97 Å². The van der Waals surface area contributed by atoms with Crippen molar-refractivity contribution in [3.05, 3.63) is 64.5 Å². The Balaban J connectivity index is 1.20. The molecule has 9 heteroatoms. The van der Waals surface area contributed by atoms with E-state index in [9.17, 15) is 9.59 Å². The Bertz CT molecular complexity index is 1250. The average Bonchev–Trinajstić information content (AvgIpc) is 3.14. The number of amides is 2. The van der Waals surface area contributed by atoms with Gasteiger partial charge in [0.1, 0.15) is 0 Å². The van der Waals surface area contributed by atoms with Crippen LogP contribution in [0.2, 0.25) is 0 Å². The summed E-state index contributed by atoms with van der Waals surface area (Å²) >= 11 is 0.891. The molecule has 0 aliphatic carbocycles. The van der Waals surface area contributed by atoms with Crippen molar-refractivity contribution in [1.29, 1.82) is 0 Å². The van der Waals surface area contributed by atoms with Crippen molar-refractivity contribution in [3.8, 4) is 0 Å². The SMILES string of the molecule is Cc1cc(CNC2CCN(c3nccc(/C=C4/SC(=O)NC4=O)n3)CC2)c2ccccc2n1. The molecule has 33 heavy (non-hydrogen) atoms. The molecule has 2 fully saturated rings. The van der Waals surface area contributed by atoms with E-state index in [1.807, 2.05) is 13.0 Å². The minimum atomic E-state index is -0.380. The summed E-state index contributed by atoms with van der Waals surface area (Å²) in [7, 11) is 0. The molecule has 3 aromatic rings. The van der Waals surface area contributed by atoms with E-state index >= 15 is 0 Å². The molecular weight excluding hydrogens is 436 g/mol. The van der Waals surface area contributed by atoms with Crippen molar-refractivity contribution in [2.75, 3.05) is 18.0 Å². The third-order valence-electron chi connectivity index (χ3n) is 5.87. The van der Waals surface area contributed by atoms with Crippen LogP contribution >= 0.6 is 11.8 Å². The summed E-state index contributed by atoms with van der Waals surface area (Å²) < 4.78 is 0. The van der Waals surface area contributed by atoms with Crippen molar-refractivity contribution >= 4 is 45.8 Å². The van der Waals surface area contributed by atoms with E-state index in [0.717, 1.165) is 55.4 Å². The van der Waals surface area contributed by atoms with Gasteiger partial charge in [0, 0.05) is 43.0 Å². The third-order valence-corrected chi connectivity index (χ3v) is 6.68. The van der Waals surface area contributed by atoms with E-state index in [-0.39, 0.29) is 11.1 Å². The molecule has 2 aliphatic rings. The van der Waals surface area contributed by atoms with Crippen LogP contribution in [0.1, 0.15) is 29.8 Å². The van der Waals surface area contributed by atoms with Crippen LogP contribution in [0.3, 0.4) is 0 Å². The summed E-state index contributed by atoms with van der Waals surface area (Å²) in [6.07, 6.45) is 5.30. The highest BCUT2D eigenvalue weighted by Gasteiger charge is 2.25. The highest BCUT2D eigenvalue weighted by molar-refractivity contribution is 8.18. The Morgan fingerprint density at radius 2 is 2.00 bits per heavy atom. The van der Waals surface area contributed by atoms with E-state index in [2.05, 4.69) is 54.8 Å². The number of benzene rings is 1. The number of imide groups is 1. The lowest BCUT2D eigenvalue weighted by molar-refractivity contribution is -0.115. The van der Waals surface area contributed by atoms with Crippen molar-refractivity contribution in [1.82, 2.24) is 25.6 Å². The second-order valence-corrected chi connectivity index (χ2v) is 9.23. The number of piperidine rings is 1. The molecule has 2 N–H and O–H groups in total. The molecular formula is C24H24N6O2S. The van der Waals surface area contributed by atoms with Gasteiger partial charge >= 0.3 is 0 Å². The number of carbonyl (C=O) groups excluding carboxylic acids is 2. The first-order valence-electron chi connectivity index (χ1n) is 11.0. The van der Waals surface area contributed by atoms with Gasteiger partial charge in [-0.1, -0.05) is 18.2 Å². The van der Waals surface area contributed by atoms with Crippen LogP contribution in [0.5, 0.6) is 0 Å². The zero-order valence-corrected chi connectivity index (χ0v) is 19.1. The zero-order valence-electron chi connectivity index (χ0n) is 18.2. The Morgan fingerprint density at radius 3 is 2.79 bits per heavy atom. The number of hydrogen-bond acceptors (Lipinski definition) is 8. The van der Waals surface area contributed by atoms with Crippen LogP contribution in [0.4, 0.5) is 10.7 Å². The lowest BCUT2D eigenvalue weighted by atomic mass is 10.0. The second kappa shape index (κ2) is 9.29. The molecule has 8 nitrogen and oxygen atoms in total. The zero-order chi connectivity index (χ0) is 22.8. The normalized spacial score (nSPS) is 18.3. The first-order chi connectivity index (χ1) is 16.0. The molecule has 0 radical (unpaired) electrons. The topological polar surface area (TPSA) is 100 Å². The molecule has 2 saturated heterocycles. The van der Waals surface area contributed by atoms with E-state index < -0.39 is 0 Å². The van der Waals surface area contributed by atoms with Gasteiger partial charge in [-0.05, 0) is 61.4 Å². The molecule has 2 aliphatic heterocycles. The maximum Gasteiger partial charge on any atom is 0.290 e. The van der Waals surface area contributed by atoms with E-state index in [1.165, 1.54) is 10.9 Å². The van der Waals surface area contributed by atoms with E-state index in [0.29, 0.717) is 22.6 Å². The monoisotopic (exact) mass is 460 g/mol. The van der Waals surface area contributed by atoms with Gasteiger partial charge in [0.2, 0.25) is 5.95 Å². The van der Waals surface area contributed by atoms with Crippen LogP contribution in [0, 0.1) is 6.92 Å². The molecule has 0 spiro atoms. The molecule has 1 aromatic carbocycles. The summed E-state index contributed by atoms with van der Waals surface area (Å²) in [5.74, 6) is 0.266. The van der Waals surface area contributed by atoms with Gasteiger partial charge in [0.25, 0.3) is 11.1 Å². The van der Waals surface area contributed by atoms with Crippen LogP contribution in [-0.2, 0) is 11.3 Å². The van der Waals surface area contributed by atoms with Crippen LogP contribution in [0.15, 0.2) is 47.5 Å². The number of nitrogens with one attached hydrogen (secondary N) is 2. The van der Waals surface area contributed by atoms with Crippen molar-refractivity contribution in [2.45, 2.75) is 32.4 Å². The van der Waals surface area contributed by atoms with Gasteiger partial charge < -0.3 is 10.2 Å². The summed E-state index contributed by atoms with van der Waals surface area (Å²) in [6.45, 7) is 4.55. The molecule has 168 valence electrons. The predicted octanol–water partition coefficient (Wildman–Crippen LogP) is 3.42. The molecule has 0 bridgehead atoms. The van der Waals surface area contributed by atoms with Gasteiger partial charge in [-0.2, -0.15) is 0 Å². The number of thioether (sulfide) groups is 1. The summed E-state index contributed by atoms with van der Waals surface area (Å²) in [5.41, 5.74) is 3.96. The number of rotatable bonds is 5. The maximum absolute atomic E-state index is 11.8. The Hall–Kier alpha value is -3.30. The van der Waals surface area contributed by atoms with E-state index in [4.69, 9.17) is 0 Å². The first-order valence-corrected chi connectivity index (χ1v) is 11.8. The predicted molar refractivity (Wildman–Crippen MR) is 130 cm³/mol. The molecule has 4 heterocycles. The maximum atomic E-state index is 11.8. The fraction of sp³-hybridized carbons (Fsp3) is 0.292. The number of pyridine rings is 1. The number of para-hydroxylation sites is 1. The number of fused-ring (bicyclic) bond motifs is 1.